The molecular formula is C8H4ClN5O4. The molecule has 1 aromatic heterocycles. The van der Waals surface area contributed by atoms with Gasteiger partial charge in [-0.1, -0.05) is 11.6 Å². The van der Waals surface area contributed by atoms with E-state index in [4.69, 9.17) is 16.7 Å². The van der Waals surface area contributed by atoms with E-state index in [9.17, 15) is 14.9 Å². The Kier molecular flexibility index (Phi) is 2.90. The second-order valence-electron chi connectivity index (χ2n) is 3.14. The van der Waals surface area contributed by atoms with Gasteiger partial charge in [0.1, 0.15) is 6.33 Å². The van der Waals surface area contributed by atoms with Gasteiger partial charge in [0.25, 0.3) is 5.69 Å². The Hall–Kier alpha value is -2.55. The largest absolute Gasteiger partial charge is 0.477 e. The van der Waals surface area contributed by atoms with Crippen molar-refractivity contribution in [1.82, 2.24) is 20.2 Å². The Morgan fingerprint density at radius 3 is 2.72 bits per heavy atom. The maximum atomic E-state index is 10.9. The van der Waals surface area contributed by atoms with Crippen molar-refractivity contribution in [3.05, 3.63) is 39.2 Å². The highest BCUT2D eigenvalue weighted by atomic mass is 35.5. The van der Waals surface area contributed by atoms with Gasteiger partial charge in [0.05, 0.1) is 15.6 Å². The Morgan fingerprint density at radius 1 is 1.50 bits per heavy atom. The van der Waals surface area contributed by atoms with Gasteiger partial charge in [0.15, 0.2) is 5.56 Å². The molecule has 1 heterocycles. The first kappa shape index (κ1) is 11.9. The topological polar surface area (TPSA) is 124 Å². The molecule has 0 aliphatic heterocycles. The van der Waals surface area contributed by atoms with E-state index in [1.807, 2.05) is 0 Å². The predicted octanol–water partition coefficient (Wildman–Crippen LogP) is 0.922. The molecule has 92 valence electrons. The van der Waals surface area contributed by atoms with Gasteiger partial charge in [0, 0.05) is 6.07 Å². The average Bonchev–Trinajstić information content (AvgIpc) is 2.80. The van der Waals surface area contributed by atoms with Crippen LogP contribution in [0.15, 0.2) is 18.5 Å². The van der Waals surface area contributed by atoms with E-state index in [2.05, 4.69) is 15.5 Å². The van der Waals surface area contributed by atoms with E-state index in [0.29, 0.717) is 0 Å². The van der Waals surface area contributed by atoms with E-state index in [1.54, 1.807) is 0 Å². The van der Waals surface area contributed by atoms with Crippen molar-refractivity contribution in [2.24, 2.45) is 0 Å². The van der Waals surface area contributed by atoms with Gasteiger partial charge in [-0.15, -0.1) is 5.10 Å². The minimum absolute atomic E-state index is 0.196. The number of rotatable bonds is 3. The minimum atomic E-state index is -1.48. The number of halogens is 1. The molecule has 18 heavy (non-hydrogen) atoms. The normalized spacial score (nSPS) is 10.3. The molecule has 0 unspecified atom stereocenters. The smallest absolute Gasteiger partial charge is 0.344 e. The second kappa shape index (κ2) is 4.37. The summed E-state index contributed by atoms with van der Waals surface area (Å²) in [4.78, 5) is 20.9. The van der Waals surface area contributed by atoms with Gasteiger partial charge in [-0.25, -0.2) is 9.48 Å². The molecule has 1 aromatic carbocycles. The molecule has 0 bridgehead atoms. The summed E-state index contributed by atoms with van der Waals surface area (Å²) in [5, 5.41) is 29.7. The number of carboxylic acids is 1. The molecule has 0 saturated carbocycles. The number of hydrogen-bond donors (Lipinski definition) is 1. The SMILES string of the molecule is O=C(O)c1c(Cl)cc(-n2cnnn2)cc1[N+](=O)[O-]. The zero-order chi connectivity index (χ0) is 13.3. The molecule has 0 aliphatic rings. The number of tetrazole rings is 1. The first-order valence-corrected chi connectivity index (χ1v) is 4.83. The second-order valence-corrected chi connectivity index (χ2v) is 3.55. The molecule has 2 rings (SSSR count). The number of aromatic nitrogens is 4. The summed E-state index contributed by atoms with van der Waals surface area (Å²) >= 11 is 5.72. The fourth-order valence-electron chi connectivity index (χ4n) is 1.35. The number of aromatic carboxylic acids is 1. The lowest BCUT2D eigenvalue weighted by Crippen LogP contribution is -2.06. The summed E-state index contributed by atoms with van der Waals surface area (Å²) in [7, 11) is 0. The third kappa shape index (κ3) is 1.98. The van der Waals surface area contributed by atoms with Crippen molar-refractivity contribution in [3.8, 4) is 5.69 Å². The lowest BCUT2D eigenvalue weighted by atomic mass is 10.1. The van der Waals surface area contributed by atoms with Crippen LogP contribution in [0, 0.1) is 10.1 Å². The molecule has 0 fully saturated rings. The fraction of sp³-hybridized carbons (Fsp3) is 0. The van der Waals surface area contributed by atoms with Gasteiger partial charge in [-0.3, -0.25) is 10.1 Å². The maximum absolute atomic E-state index is 10.9. The van der Waals surface area contributed by atoms with Crippen molar-refractivity contribution in [3.63, 3.8) is 0 Å². The van der Waals surface area contributed by atoms with Crippen LogP contribution in [0.1, 0.15) is 10.4 Å². The zero-order valence-electron chi connectivity index (χ0n) is 8.52. The Morgan fingerprint density at radius 2 is 2.22 bits per heavy atom. The molecule has 0 radical (unpaired) electrons. The molecule has 0 aliphatic carbocycles. The van der Waals surface area contributed by atoms with Gasteiger partial charge in [-0.05, 0) is 16.5 Å². The molecule has 0 atom stereocenters. The van der Waals surface area contributed by atoms with E-state index >= 15 is 0 Å². The van der Waals surface area contributed by atoms with Crippen molar-refractivity contribution >= 4 is 23.3 Å². The van der Waals surface area contributed by atoms with Crippen LogP contribution in [0.5, 0.6) is 0 Å². The van der Waals surface area contributed by atoms with Gasteiger partial charge in [-0.2, -0.15) is 0 Å². The Labute approximate surface area is 104 Å². The van der Waals surface area contributed by atoms with E-state index in [0.717, 1.165) is 10.7 Å². The van der Waals surface area contributed by atoms with Gasteiger partial charge < -0.3 is 5.11 Å². The van der Waals surface area contributed by atoms with Crippen molar-refractivity contribution in [1.29, 1.82) is 0 Å². The molecule has 0 saturated heterocycles. The average molecular weight is 270 g/mol. The van der Waals surface area contributed by atoms with Crippen molar-refractivity contribution < 1.29 is 14.8 Å². The number of carbonyl (C=O) groups is 1. The van der Waals surface area contributed by atoms with Crippen molar-refractivity contribution in [2.75, 3.05) is 0 Å². The molecule has 9 nitrogen and oxygen atoms in total. The van der Waals surface area contributed by atoms with E-state index in [1.165, 1.54) is 12.4 Å². The highest BCUT2D eigenvalue weighted by molar-refractivity contribution is 6.34. The van der Waals surface area contributed by atoms with Crippen LogP contribution in [-0.2, 0) is 0 Å². The third-order valence-electron chi connectivity index (χ3n) is 2.08. The molecule has 2 aromatic rings. The molecule has 1 N–H and O–H groups in total. The number of carboxylic acid groups (broad SMARTS) is 1. The predicted molar refractivity (Wildman–Crippen MR) is 57.8 cm³/mol. The number of nitro groups is 1. The number of nitrogens with zero attached hydrogens (tertiary/aromatic N) is 5. The van der Waals surface area contributed by atoms with Crippen LogP contribution in [0.4, 0.5) is 5.69 Å². The quantitative estimate of drug-likeness (QED) is 0.649. The highest BCUT2D eigenvalue weighted by Gasteiger charge is 2.25. The van der Waals surface area contributed by atoms with Crippen LogP contribution in [-0.4, -0.2) is 36.2 Å². The van der Waals surface area contributed by atoms with E-state index in [-0.39, 0.29) is 10.7 Å². The summed E-state index contributed by atoms with van der Waals surface area (Å²) in [6.45, 7) is 0. The number of hydrogen-bond acceptors (Lipinski definition) is 6. The minimum Gasteiger partial charge on any atom is -0.477 e. The lowest BCUT2D eigenvalue weighted by Gasteiger charge is -2.04. The zero-order valence-corrected chi connectivity index (χ0v) is 9.27. The summed E-state index contributed by atoms with van der Waals surface area (Å²) < 4.78 is 1.13. The summed E-state index contributed by atoms with van der Waals surface area (Å²) in [5.41, 5.74) is -0.999. The van der Waals surface area contributed by atoms with E-state index < -0.39 is 22.1 Å². The standard InChI is InChI=1S/C8H4ClN5O4/c9-5-1-4(13-3-10-11-12-13)2-6(14(17)18)7(5)8(15)16/h1-3H,(H,15,16). The van der Waals surface area contributed by atoms with Gasteiger partial charge >= 0.3 is 5.97 Å². The lowest BCUT2D eigenvalue weighted by molar-refractivity contribution is -0.385. The summed E-state index contributed by atoms with van der Waals surface area (Å²) in [6.07, 6.45) is 1.20. The third-order valence-corrected chi connectivity index (χ3v) is 2.38. The molecule has 0 spiro atoms. The van der Waals surface area contributed by atoms with Gasteiger partial charge in [0.2, 0.25) is 0 Å². The fourth-order valence-corrected chi connectivity index (χ4v) is 1.64. The van der Waals surface area contributed by atoms with Crippen LogP contribution < -0.4 is 0 Å². The Balaban J connectivity index is 2.68. The summed E-state index contributed by atoms with van der Waals surface area (Å²) in [5.74, 6) is -1.48. The van der Waals surface area contributed by atoms with Crippen LogP contribution in [0.2, 0.25) is 5.02 Å². The van der Waals surface area contributed by atoms with Crippen LogP contribution >= 0.6 is 11.6 Å². The monoisotopic (exact) mass is 269 g/mol. The number of nitro benzene ring substituents is 1. The molecular weight excluding hydrogens is 266 g/mol. The maximum Gasteiger partial charge on any atom is 0.344 e. The first-order chi connectivity index (χ1) is 8.50. The van der Waals surface area contributed by atoms with Crippen LogP contribution in [0.3, 0.4) is 0 Å². The summed E-state index contributed by atoms with van der Waals surface area (Å²) in [6, 6.07) is 2.26. The number of benzene rings is 1. The van der Waals surface area contributed by atoms with Crippen LogP contribution in [0.25, 0.3) is 5.69 Å². The Bertz CT molecular complexity index is 627. The molecule has 0 amide bonds. The first-order valence-electron chi connectivity index (χ1n) is 4.45. The van der Waals surface area contributed by atoms with Crippen molar-refractivity contribution in [2.45, 2.75) is 0 Å². The highest BCUT2D eigenvalue weighted by Crippen LogP contribution is 2.29. The molecule has 10 heteroatoms.